The number of rotatable bonds is 5. The molecule has 0 aliphatic carbocycles. The first-order valence-electron chi connectivity index (χ1n) is 10.0. The normalized spacial score (nSPS) is 19.4. The van der Waals surface area contributed by atoms with Crippen LogP contribution in [0.15, 0.2) is 59.6 Å². The number of carbonyl (C=O) groups is 2. The Labute approximate surface area is 177 Å². The molecule has 2 aromatic carbocycles. The summed E-state index contributed by atoms with van der Waals surface area (Å²) in [5, 5.41) is 0. The van der Waals surface area contributed by atoms with Crippen LogP contribution in [0.1, 0.15) is 36.6 Å². The Balaban J connectivity index is 2.13. The molecule has 0 radical (unpaired) electrons. The Hall–Kier alpha value is -3.35. The third-order valence-corrected chi connectivity index (χ3v) is 5.65. The molecule has 1 aliphatic rings. The molecule has 158 valence electrons. The van der Waals surface area contributed by atoms with Crippen molar-refractivity contribution in [3.63, 3.8) is 0 Å². The van der Waals surface area contributed by atoms with Gasteiger partial charge >= 0.3 is 6.03 Å². The van der Waals surface area contributed by atoms with E-state index >= 15 is 0 Å². The van der Waals surface area contributed by atoms with Crippen molar-refractivity contribution in [2.24, 2.45) is 10.7 Å². The lowest BCUT2D eigenvalue weighted by atomic mass is 9.81. The number of urea groups is 1. The van der Waals surface area contributed by atoms with Gasteiger partial charge in [-0.25, -0.2) is 9.79 Å². The molecule has 2 N–H and O–H groups in total. The summed E-state index contributed by atoms with van der Waals surface area (Å²) >= 11 is 0. The Bertz CT molecular complexity index is 973. The molecule has 0 spiro atoms. The van der Waals surface area contributed by atoms with Crippen LogP contribution in [0.3, 0.4) is 0 Å². The highest BCUT2D eigenvalue weighted by Crippen LogP contribution is 2.40. The number of benzene rings is 2. The molecule has 3 rings (SSSR count). The Kier molecular flexibility index (Phi) is 5.82. The number of guanidine groups is 1. The molecule has 3 amide bonds. The van der Waals surface area contributed by atoms with Crippen molar-refractivity contribution in [3.05, 3.63) is 71.3 Å². The van der Waals surface area contributed by atoms with Crippen molar-refractivity contribution < 1.29 is 9.59 Å². The van der Waals surface area contributed by atoms with Gasteiger partial charge in [-0.2, -0.15) is 0 Å². The van der Waals surface area contributed by atoms with Crippen molar-refractivity contribution in [2.45, 2.75) is 25.4 Å². The van der Waals surface area contributed by atoms with Gasteiger partial charge in [0, 0.05) is 27.7 Å². The first kappa shape index (κ1) is 21.4. The molecule has 2 unspecified atom stereocenters. The number of hydrogen-bond donors (Lipinski definition) is 1. The first-order valence-corrected chi connectivity index (χ1v) is 10.0. The molecule has 0 fully saturated rings. The summed E-state index contributed by atoms with van der Waals surface area (Å²) < 4.78 is 0. The van der Waals surface area contributed by atoms with E-state index in [1.807, 2.05) is 68.4 Å². The molecule has 2 aromatic rings. The minimum atomic E-state index is -1.24. The summed E-state index contributed by atoms with van der Waals surface area (Å²) in [7, 11) is 5.11. The molecular weight excluding hydrogens is 378 g/mol. The number of aliphatic imine (C=N–C) groups is 1. The molecule has 0 saturated heterocycles. The maximum Gasteiger partial charge on any atom is 0.319 e. The van der Waals surface area contributed by atoms with E-state index in [2.05, 4.69) is 4.99 Å². The zero-order valence-corrected chi connectivity index (χ0v) is 18.2. The SMILES string of the molecule is CCN(C(=O)N(C)C)C(C)c1cccc(C2(c3ccccc3)N=C(N)N(C)C2=O)c1. The predicted octanol–water partition coefficient (Wildman–Crippen LogP) is 2.78. The average Bonchev–Trinajstić information content (AvgIpc) is 2.99. The predicted molar refractivity (Wildman–Crippen MR) is 118 cm³/mol. The van der Waals surface area contributed by atoms with Gasteiger partial charge in [-0.05, 0) is 30.5 Å². The van der Waals surface area contributed by atoms with Gasteiger partial charge in [0.25, 0.3) is 5.91 Å². The second-order valence-corrected chi connectivity index (χ2v) is 7.68. The van der Waals surface area contributed by atoms with E-state index in [4.69, 9.17) is 5.73 Å². The number of nitrogens with two attached hydrogens (primary N) is 1. The van der Waals surface area contributed by atoms with Gasteiger partial charge in [0.05, 0.1) is 6.04 Å². The van der Waals surface area contributed by atoms with Crippen LogP contribution in [0.2, 0.25) is 0 Å². The maximum atomic E-state index is 13.4. The van der Waals surface area contributed by atoms with Crippen LogP contribution in [-0.4, -0.2) is 60.3 Å². The number of likely N-dealkylation sites (N-methyl/N-ethyl adjacent to an activating group) is 1. The molecule has 7 heteroatoms. The minimum absolute atomic E-state index is 0.0629. The number of amides is 3. The van der Waals surface area contributed by atoms with Crippen molar-refractivity contribution in [2.75, 3.05) is 27.7 Å². The van der Waals surface area contributed by atoms with E-state index in [-0.39, 0.29) is 23.9 Å². The van der Waals surface area contributed by atoms with Crippen molar-refractivity contribution >= 4 is 17.9 Å². The van der Waals surface area contributed by atoms with Crippen LogP contribution < -0.4 is 5.73 Å². The highest BCUT2D eigenvalue weighted by Gasteiger charge is 2.49. The topological polar surface area (TPSA) is 82.2 Å². The lowest BCUT2D eigenvalue weighted by molar-refractivity contribution is -0.129. The second kappa shape index (κ2) is 8.18. The summed E-state index contributed by atoms with van der Waals surface area (Å²) in [5.41, 5.74) is 7.22. The lowest BCUT2D eigenvalue weighted by Gasteiger charge is -2.32. The molecular formula is C23H29N5O2. The van der Waals surface area contributed by atoms with Gasteiger partial charge in [-0.15, -0.1) is 0 Å². The third kappa shape index (κ3) is 3.40. The highest BCUT2D eigenvalue weighted by molar-refractivity contribution is 6.08. The zero-order valence-electron chi connectivity index (χ0n) is 18.2. The Morgan fingerprint density at radius 3 is 2.30 bits per heavy atom. The van der Waals surface area contributed by atoms with Crippen LogP contribution in [0, 0.1) is 0 Å². The van der Waals surface area contributed by atoms with Crippen molar-refractivity contribution in [1.82, 2.24) is 14.7 Å². The van der Waals surface area contributed by atoms with Gasteiger partial charge in [0.15, 0.2) is 11.5 Å². The molecule has 0 aromatic heterocycles. The van der Waals surface area contributed by atoms with E-state index in [0.29, 0.717) is 6.54 Å². The van der Waals surface area contributed by atoms with Crippen molar-refractivity contribution in [1.29, 1.82) is 0 Å². The first-order chi connectivity index (χ1) is 14.2. The average molecular weight is 408 g/mol. The fraction of sp³-hybridized carbons (Fsp3) is 0.348. The summed E-state index contributed by atoms with van der Waals surface area (Å²) in [6.07, 6.45) is 0. The lowest BCUT2D eigenvalue weighted by Crippen LogP contribution is -2.42. The molecule has 0 saturated carbocycles. The van der Waals surface area contributed by atoms with Gasteiger partial charge in [0.2, 0.25) is 0 Å². The van der Waals surface area contributed by atoms with Crippen LogP contribution >= 0.6 is 0 Å². The molecule has 1 aliphatic heterocycles. The number of carbonyl (C=O) groups excluding carboxylic acids is 2. The maximum absolute atomic E-state index is 13.4. The monoisotopic (exact) mass is 407 g/mol. The van der Waals surface area contributed by atoms with Crippen LogP contribution in [0.5, 0.6) is 0 Å². The Morgan fingerprint density at radius 1 is 1.13 bits per heavy atom. The number of hydrogen-bond acceptors (Lipinski definition) is 4. The smallest absolute Gasteiger partial charge is 0.319 e. The number of nitrogens with zero attached hydrogens (tertiary/aromatic N) is 4. The third-order valence-electron chi connectivity index (χ3n) is 5.65. The summed E-state index contributed by atoms with van der Waals surface area (Å²) in [4.78, 5) is 35.3. The van der Waals surface area contributed by atoms with Gasteiger partial charge in [0.1, 0.15) is 0 Å². The summed E-state index contributed by atoms with van der Waals surface area (Å²) in [6, 6.07) is 16.9. The highest BCUT2D eigenvalue weighted by atomic mass is 16.2. The molecule has 7 nitrogen and oxygen atoms in total. The molecule has 30 heavy (non-hydrogen) atoms. The fourth-order valence-corrected chi connectivity index (χ4v) is 3.90. The van der Waals surface area contributed by atoms with Gasteiger partial charge in [-0.3, -0.25) is 9.69 Å². The van der Waals surface area contributed by atoms with E-state index in [1.165, 1.54) is 4.90 Å². The van der Waals surface area contributed by atoms with Gasteiger partial charge in [-0.1, -0.05) is 54.6 Å². The zero-order chi connectivity index (χ0) is 22.1. The molecule has 1 heterocycles. The quantitative estimate of drug-likeness (QED) is 0.827. The van der Waals surface area contributed by atoms with Crippen molar-refractivity contribution in [3.8, 4) is 0 Å². The Morgan fingerprint density at radius 2 is 1.77 bits per heavy atom. The minimum Gasteiger partial charge on any atom is -0.369 e. The van der Waals surface area contributed by atoms with E-state index in [0.717, 1.165) is 16.7 Å². The summed E-state index contributed by atoms with van der Waals surface area (Å²) in [6.45, 7) is 4.51. The molecule has 0 bridgehead atoms. The largest absolute Gasteiger partial charge is 0.369 e. The van der Waals surface area contributed by atoms with Gasteiger partial charge < -0.3 is 15.5 Å². The summed E-state index contributed by atoms with van der Waals surface area (Å²) in [5.74, 6) is -0.0204. The fourth-order valence-electron chi connectivity index (χ4n) is 3.90. The van der Waals surface area contributed by atoms with E-state index < -0.39 is 5.54 Å². The van der Waals surface area contributed by atoms with E-state index in [1.54, 1.807) is 30.9 Å². The standard InChI is InChI=1S/C23H29N5O2/c1-6-28(22(30)26(3)4)16(2)17-11-10-14-19(15-17)23(18-12-8-7-9-13-18)20(29)27(5)21(24)25-23/h7-16H,6H2,1-5H3,(H2,24,25). The second-order valence-electron chi connectivity index (χ2n) is 7.68. The van der Waals surface area contributed by atoms with Crippen LogP contribution in [0.25, 0.3) is 0 Å². The van der Waals surface area contributed by atoms with E-state index in [9.17, 15) is 9.59 Å². The van der Waals surface area contributed by atoms with Crippen LogP contribution in [0.4, 0.5) is 4.79 Å². The molecule has 2 atom stereocenters. The van der Waals surface area contributed by atoms with Crippen LogP contribution in [-0.2, 0) is 10.3 Å².